The minimum Gasteiger partial charge on any atom is -0.370 e. The van der Waals surface area contributed by atoms with E-state index in [1.165, 1.54) is 6.92 Å². The maximum Gasteiger partial charge on any atom is 0.243 e. The molecule has 1 aromatic heterocycles. The first kappa shape index (κ1) is 59.9. The number of carbonyl (C=O) groups is 9. The van der Waals surface area contributed by atoms with Crippen molar-refractivity contribution in [1.82, 2.24) is 31.6 Å². The number of fused-ring (bicyclic) bond motifs is 1. The second-order valence-corrected chi connectivity index (χ2v) is 19.0. The lowest BCUT2D eigenvalue weighted by molar-refractivity contribution is -0.135. The molecule has 408 valence electrons. The monoisotopic (exact) mass is 1040 g/mol. The summed E-state index contributed by atoms with van der Waals surface area (Å²) in [6.45, 7) is 1.62. The number of hydrogen-bond donors (Lipinski definition) is 12. The van der Waals surface area contributed by atoms with Gasteiger partial charge in [0.1, 0.15) is 35.7 Å². The van der Waals surface area contributed by atoms with Crippen LogP contribution in [0.4, 0.5) is 0 Å². The summed E-state index contributed by atoms with van der Waals surface area (Å²) in [7, 11) is 0. The van der Waals surface area contributed by atoms with Crippen LogP contribution >= 0.6 is 0 Å². The first-order chi connectivity index (χ1) is 35.8. The van der Waals surface area contributed by atoms with Crippen molar-refractivity contribution in [3.8, 4) is 0 Å². The van der Waals surface area contributed by atoms with Crippen molar-refractivity contribution in [2.75, 3.05) is 19.6 Å². The zero-order valence-corrected chi connectivity index (χ0v) is 42.8. The zero-order chi connectivity index (χ0) is 54.9. The minimum absolute atomic E-state index is 0.00163. The maximum atomic E-state index is 14.8. The van der Waals surface area contributed by atoms with Crippen LogP contribution in [0.1, 0.15) is 108 Å². The van der Waals surface area contributed by atoms with E-state index in [0.29, 0.717) is 5.56 Å². The molecule has 2 aromatic carbocycles. The predicted octanol–water partition coefficient (Wildman–Crippen LogP) is -0.198. The van der Waals surface area contributed by atoms with Crippen LogP contribution in [-0.4, -0.2) is 120 Å². The molecule has 23 nitrogen and oxygen atoms in total. The number of ketones is 3. The van der Waals surface area contributed by atoms with E-state index in [-0.39, 0.29) is 140 Å². The van der Waals surface area contributed by atoms with Gasteiger partial charge in [0.05, 0.1) is 6.04 Å². The predicted molar refractivity (Wildman–Crippen MR) is 284 cm³/mol. The van der Waals surface area contributed by atoms with E-state index in [2.05, 4.69) is 41.6 Å². The molecule has 1 saturated heterocycles. The van der Waals surface area contributed by atoms with E-state index in [1.54, 1.807) is 36.5 Å². The molecule has 0 unspecified atom stereocenters. The Morgan fingerprint density at radius 2 is 1.36 bits per heavy atom. The SMILES string of the molecule is CC(=O)N[C@@H](CCCN=C(N)N)C(=O)N[C@H]1CCC(=O)CCCC[C@@H](C(N)=O)NC(=O)[C@H](Cc2c[nH]c3ccccc23)CC(=O)[C@H](CCCN=C(N)N)CC(=O)[C@@H](Cc2ccccc2)NC(=O)[C@H](CCCN)NC1=O. The number of carbonyl (C=O) groups excluding carboxylic acids is 9. The highest BCUT2D eigenvalue weighted by Gasteiger charge is 2.35. The molecule has 7 atom stereocenters. The summed E-state index contributed by atoms with van der Waals surface area (Å²) in [4.78, 5) is 136. The van der Waals surface area contributed by atoms with Gasteiger partial charge in [-0.2, -0.15) is 0 Å². The molecule has 3 aromatic rings. The minimum atomic E-state index is -1.40. The highest BCUT2D eigenvalue weighted by molar-refractivity contribution is 5.98. The fourth-order valence-corrected chi connectivity index (χ4v) is 9.01. The van der Waals surface area contributed by atoms with Crippen molar-refractivity contribution in [3.63, 3.8) is 0 Å². The number of aliphatic imine (C=N–C) groups is 2. The Labute approximate surface area is 436 Å². The fraction of sp³-hybridized carbons (Fsp3) is 0.519. The van der Waals surface area contributed by atoms with Gasteiger partial charge < -0.3 is 66.0 Å². The Hall–Kier alpha value is -7.69. The van der Waals surface area contributed by atoms with E-state index in [1.807, 2.05) is 24.3 Å². The summed E-state index contributed by atoms with van der Waals surface area (Å²) in [5.74, 6) is -7.88. The van der Waals surface area contributed by atoms with Crippen molar-refractivity contribution in [2.24, 2.45) is 56.2 Å². The van der Waals surface area contributed by atoms with Gasteiger partial charge in [0, 0.05) is 74.6 Å². The number of H-pyrrole nitrogens is 1. The Balaban J connectivity index is 1.77. The molecule has 18 N–H and O–H groups in total. The van der Waals surface area contributed by atoms with Crippen LogP contribution in [0.15, 0.2) is 70.8 Å². The van der Waals surface area contributed by atoms with Crippen LogP contribution < -0.4 is 61.0 Å². The molecule has 0 spiro atoms. The highest BCUT2D eigenvalue weighted by Crippen LogP contribution is 2.26. The first-order valence-electron chi connectivity index (χ1n) is 25.6. The molecule has 0 bridgehead atoms. The van der Waals surface area contributed by atoms with Gasteiger partial charge in [-0.15, -0.1) is 0 Å². The van der Waals surface area contributed by atoms with Gasteiger partial charge in [0.2, 0.25) is 35.4 Å². The van der Waals surface area contributed by atoms with Crippen molar-refractivity contribution < 1.29 is 43.2 Å². The number of amides is 6. The van der Waals surface area contributed by atoms with Gasteiger partial charge in [0.25, 0.3) is 0 Å². The largest absolute Gasteiger partial charge is 0.370 e. The van der Waals surface area contributed by atoms with Crippen LogP contribution in [-0.2, 0) is 56.0 Å². The maximum absolute atomic E-state index is 14.8. The zero-order valence-electron chi connectivity index (χ0n) is 42.8. The number of primary amides is 1. The number of nitrogens with zero attached hydrogens (tertiary/aromatic N) is 2. The van der Waals surface area contributed by atoms with E-state index in [9.17, 15) is 43.2 Å². The number of rotatable bonds is 19. The molecule has 1 aliphatic rings. The molecule has 1 fully saturated rings. The topological polar surface area (TPSA) is 410 Å². The third-order valence-corrected chi connectivity index (χ3v) is 13.0. The molecule has 0 aliphatic carbocycles. The average Bonchev–Trinajstić information content (AvgIpc) is 3.78. The molecule has 0 radical (unpaired) electrons. The second kappa shape index (κ2) is 31.1. The molecule has 2 heterocycles. The standard InChI is InChI=1S/C52H76N14O9/c1-31(67)62-40(20-11-25-60-52(57)58)48(73)65-42-22-21-36(68)15-5-7-18-39(46(54)71)63-47(72)34(27-35-30-61-38-17-8-6-16-37(35)38)29-44(69)33(14-10-24-59-51(55)56)28-45(70)43(26-32-12-3-2-4-13-32)66-49(74)41(19-9-23-53)64-50(42)75/h2-4,6,8,12-13,16-17,30,33-34,39-43,61H,5,7,9-11,14-15,18-29,53H2,1H3,(H2,54,71)(H,62,67)(H,63,72)(H,64,75)(H,65,73)(H,66,74)(H4,55,56,59)(H4,57,58,60)/t33-,34-,39+,40+,41+,42+,43-/m1/s1. The quantitative estimate of drug-likeness (QED) is 0.0421. The number of para-hydroxylation sites is 1. The number of nitrogens with two attached hydrogens (primary N) is 6. The van der Waals surface area contributed by atoms with Gasteiger partial charge in [-0.05, 0) is 94.4 Å². The Kier molecular flexibility index (Phi) is 24.9. The number of aromatic nitrogens is 1. The smallest absolute Gasteiger partial charge is 0.243 e. The Bertz CT molecular complexity index is 2490. The Morgan fingerprint density at radius 1 is 0.693 bits per heavy atom. The molecule has 6 amide bonds. The molecule has 1 aliphatic heterocycles. The van der Waals surface area contributed by atoms with Crippen LogP contribution in [0.5, 0.6) is 0 Å². The fourth-order valence-electron chi connectivity index (χ4n) is 9.01. The third-order valence-electron chi connectivity index (χ3n) is 13.0. The van der Waals surface area contributed by atoms with Crippen LogP contribution in [0.3, 0.4) is 0 Å². The Morgan fingerprint density at radius 3 is 2.04 bits per heavy atom. The lowest BCUT2D eigenvalue weighted by Gasteiger charge is -2.27. The van der Waals surface area contributed by atoms with Gasteiger partial charge in [-0.25, -0.2) is 0 Å². The molecule has 0 saturated carbocycles. The van der Waals surface area contributed by atoms with Crippen molar-refractivity contribution >= 4 is 75.6 Å². The van der Waals surface area contributed by atoms with E-state index in [0.717, 1.165) is 16.5 Å². The molecular weight excluding hydrogens is 965 g/mol. The van der Waals surface area contributed by atoms with Gasteiger partial charge in [-0.3, -0.25) is 53.1 Å². The van der Waals surface area contributed by atoms with Crippen LogP contribution in [0.2, 0.25) is 0 Å². The summed E-state index contributed by atoms with van der Waals surface area (Å²) in [5, 5.41) is 14.4. The molecular formula is C52H76N14O9. The summed E-state index contributed by atoms with van der Waals surface area (Å²) >= 11 is 0. The van der Waals surface area contributed by atoms with Gasteiger partial charge in [-0.1, -0.05) is 55.0 Å². The van der Waals surface area contributed by atoms with E-state index in [4.69, 9.17) is 34.4 Å². The average molecular weight is 1040 g/mol. The number of guanidine groups is 2. The van der Waals surface area contributed by atoms with E-state index >= 15 is 0 Å². The molecule has 4 rings (SSSR count). The lowest BCUT2D eigenvalue weighted by atomic mass is 9.83. The van der Waals surface area contributed by atoms with Crippen LogP contribution in [0, 0.1) is 11.8 Å². The summed E-state index contributed by atoms with van der Waals surface area (Å²) in [5.41, 5.74) is 36.0. The number of nitrogens with one attached hydrogen (secondary N) is 6. The summed E-state index contributed by atoms with van der Waals surface area (Å²) in [6, 6.07) is 10.1. The molecule has 23 heteroatoms. The normalized spacial score (nSPS) is 21.4. The van der Waals surface area contributed by atoms with Gasteiger partial charge >= 0.3 is 0 Å². The van der Waals surface area contributed by atoms with Crippen molar-refractivity contribution in [2.45, 2.75) is 140 Å². The molecule has 75 heavy (non-hydrogen) atoms. The van der Waals surface area contributed by atoms with Crippen molar-refractivity contribution in [1.29, 1.82) is 0 Å². The van der Waals surface area contributed by atoms with Gasteiger partial charge in [0.15, 0.2) is 17.7 Å². The number of aromatic amines is 1. The second-order valence-electron chi connectivity index (χ2n) is 19.0. The van der Waals surface area contributed by atoms with Crippen molar-refractivity contribution in [3.05, 3.63) is 71.9 Å². The summed E-state index contributed by atoms with van der Waals surface area (Å²) < 4.78 is 0. The van der Waals surface area contributed by atoms with E-state index < -0.39 is 89.1 Å². The number of Topliss-reactive ketones (excluding diaryl/α,β-unsaturated/α-hetero) is 3. The van der Waals surface area contributed by atoms with Crippen LogP contribution in [0.25, 0.3) is 10.9 Å². The third kappa shape index (κ3) is 21.0. The number of benzene rings is 2. The first-order valence-corrected chi connectivity index (χ1v) is 25.6. The highest BCUT2D eigenvalue weighted by atomic mass is 16.2. The summed E-state index contributed by atoms with van der Waals surface area (Å²) in [6.07, 6.45) is 2.31. The number of hydrogen-bond acceptors (Lipinski definition) is 12. The lowest BCUT2D eigenvalue weighted by Crippen LogP contribution is -2.58.